The van der Waals surface area contributed by atoms with Crippen LogP contribution in [-0.2, 0) is 11.2 Å². The number of hydrogen-bond donors (Lipinski definition) is 1. The summed E-state index contributed by atoms with van der Waals surface area (Å²) in [6.07, 6.45) is 3.56. The molecule has 0 saturated heterocycles. The van der Waals surface area contributed by atoms with Gasteiger partial charge >= 0.3 is 5.97 Å². The minimum atomic E-state index is -0.937. The van der Waals surface area contributed by atoms with Crippen LogP contribution in [0.25, 0.3) is 11.4 Å². The summed E-state index contributed by atoms with van der Waals surface area (Å²) in [5.41, 5.74) is 0.838. The average Bonchev–Trinajstić information content (AvgIpc) is 2.86. The van der Waals surface area contributed by atoms with E-state index < -0.39 is 11.4 Å². The number of aromatic nitrogens is 3. The van der Waals surface area contributed by atoms with Crippen LogP contribution >= 0.6 is 0 Å². The minimum Gasteiger partial charge on any atom is -0.481 e. The number of carboxylic acids is 1. The van der Waals surface area contributed by atoms with Crippen molar-refractivity contribution in [2.75, 3.05) is 0 Å². The van der Waals surface area contributed by atoms with E-state index >= 15 is 0 Å². The van der Waals surface area contributed by atoms with Crippen molar-refractivity contribution in [1.82, 2.24) is 15.1 Å². The highest BCUT2D eigenvalue weighted by Crippen LogP contribution is 2.32. The molecule has 6 heteroatoms. The van der Waals surface area contributed by atoms with Crippen molar-refractivity contribution in [2.45, 2.75) is 34.1 Å². The number of aryl methyl sites for hydroxylation is 1. The zero-order chi connectivity index (χ0) is 15.6. The Bertz CT molecular complexity index is 651. The summed E-state index contributed by atoms with van der Waals surface area (Å²) in [7, 11) is 0. The molecule has 1 N–H and O–H groups in total. The van der Waals surface area contributed by atoms with Gasteiger partial charge in [-0.3, -0.25) is 9.78 Å². The summed E-state index contributed by atoms with van der Waals surface area (Å²) in [4.78, 5) is 19.9. The second-order valence-corrected chi connectivity index (χ2v) is 5.76. The molecule has 0 saturated carbocycles. The quantitative estimate of drug-likeness (QED) is 0.910. The Morgan fingerprint density at radius 1 is 1.48 bits per heavy atom. The number of rotatable bonds is 5. The van der Waals surface area contributed by atoms with E-state index in [-0.39, 0.29) is 12.3 Å². The third-order valence-corrected chi connectivity index (χ3v) is 4.03. The fourth-order valence-corrected chi connectivity index (χ4v) is 1.97. The van der Waals surface area contributed by atoms with Gasteiger partial charge in [-0.05, 0) is 31.4 Å². The highest BCUT2D eigenvalue weighted by molar-refractivity contribution is 5.74. The number of carboxylic acid groups (broad SMARTS) is 1. The molecule has 0 aliphatic carbocycles. The Hall–Kier alpha value is -2.24. The summed E-state index contributed by atoms with van der Waals surface area (Å²) in [5, 5.41) is 13.4. The second kappa shape index (κ2) is 5.63. The van der Waals surface area contributed by atoms with Crippen LogP contribution in [-0.4, -0.2) is 26.2 Å². The van der Waals surface area contributed by atoms with E-state index in [2.05, 4.69) is 15.1 Å². The molecule has 112 valence electrons. The molecule has 2 aromatic heterocycles. The molecule has 0 radical (unpaired) electrons. The fourth-order valence-electron chi connectivity index (χ4n) is 1.97. The fraction of sp³-hybridized carbons (Fsp3) is 0.467. The SMILES string of the molecule is Cc1ccncc1-c1noc(CC(C)(C(=O)O)C(C)C)n1. The van der Waals surface area contributed by atoms with Crippen molar-refractivity contribution in [3.8, 4) is 11.4 Å². The van der Waals surface area contributed by atoms with E-state index in [0.29, 0.717) is 11.7 Å². The Morgan fingerprint density at radius 3 is 2.76 bits per heavy atom. The van der Waals surface area contributed by atoms with E-state index in [1.165, 1.54) is 0 Å². The molecule has 2 heterocycles. The first-order chi connectivity index (χ1) is 9.84. The Morgan fingerprint density at radius 2 is 2.19 bits per heavy atom. The van der Waals surface area contributed by atoms with Crippen LogP contribution in [0.15, 0.2) is 23.0 Å². The molecule has 0 fully saturated rings. The van der Waals surface area contributed by atoms with Gasteiger partial charge in [-0.25, -0.2) is 0 Å². The van der Waals surface area contributed by atoms with E-state index in [1.807, 2.05) is 26.8 Å². The van der Waals surface area contributed by atoms with Gasteiger partial charge < -0.3 is 9.63 Å². The normalized spacial score (nSPS) is 14.1. The molecule has 1 unspecified atom stereocenters. The van der Waals surface area contributed by atoms with Crippen LogP contribution in [0.1, 0.15) is 32.2 Å². The molecule has 1 atom stereocenters. The summed E-state index contributed by atoms with van der Waals surface area (Å²) in [6, 6.07) is 1.86. The van der Waals surface area contributed by atoms with Gasteiger partial charge in [0, 0.05) is 24.4 Å². The Balaban J connectivity index is 2.29. The summed E-state index contributed by atoms with van der Waals surface area (Å²) >= 11 is 0. The zero-order valence-electron chi connectivity index (χ0n) is 12.6. The van der Waals surface area contributed by atoms with Crippen LogP contribution in [0.3, 0.4) is 0 Å². The Kier molecular flexibility index (Phi) is 4.06. The smallest absolute Gasteiger partial charge is 0.310 e. The van der Waals surface area contributed by atoms with Gasteiger partial charge in [0.2, 0.25) is 11.7 Å². The third-order valence-electron chi connectivity index (χ3n) is 4.03. The number of nitrogens with zero attached hydrogens (tertiary/aromatic N) is 3. The third kappa shape index (κ3) is 2.94. The molecule has 0 aliphatic rings. The molecule has 0 spiro atoms. The maximum absolute atomic E-state index is 11.5. The lowest BCUT2D eigenvalue weighted by Gasteiger charge is -2.27. The second-order valence-electron chi connectivity index (χ2n) is 5.76. The molecule has 0 aliphatic heterocycles. The van der Waals surface area contributed by atoms with Gasteiger partial charge in [0.15, 0.2) is 0 Å². The van der Waals surface area contributed by atoms with Crippen LogP contribution in [0, 0.1) is 18.3 Å². The molecule has 0 aromatic carbocycles. The molecule has 0 bridgehead atoms. The van der Waals surface area contributed by atoms with Crippen LogP contribution in [0.2, 0.25) is 0 Å². The summed E-state index contributed by atoms with van der Waals surface area (Å²) in [6.45, 7) is 7.37. The molecule has 21 heavy (non-hydrogen) atoms. The lowest BCUT2D eigenvalue weighted by atomic mass is 9.76. The first kappa shape index (κ1) is 15.2. The molecule has 2 rings (SSSR count). The number of carbonyl (C=O) groups is 1. The van der Waals surface area contributed by atoms with Gasteiger partial charge in [-0.2, -0.15) is 4.98 Å². The van der Waals surface area contributed by atoms with Crippen molar-refractivity contribution < 1.29 is 14.4 Å². The van der Waals surface area contributed by atoms with Crippen LogP contribution < -0.4 is 0 Å². The first-order valence-corrected chi connectivity index (χ1v) is 6.81. The predicted octanol–water partition coefficient (Wildman–Crippen LogP) is 2.73. The summed E-state index contributed by atoms with van der Waals surface area (Å²) < 4.78 is 5.22. The standard InChI is InChI=1S/C15H19N3O3/c1-9(2)15(4,14(19)20)7-12-17-13(18-21-12)11-8-16-6-5-10(11)3/h5-6,8-9H,7H2,1-4H3,(H,19,20). The van der Waals surface area contributed by atoms with Crippen LogP contribution in [0.4, 0.5) is 0 Å². The maximum atomic E-state index is 11.5. The summed E-state index contributed by atoms with van der Waals surface area (Å²) in [5.74, 6) is -0.153. The van der Waals surface area contributed by atoms with Gasteiger partial charge in [0.1, 0.15) is 0 Å². The highest BCUT2D eigenvalue weighted by atomic mass is 16.5. The van der Waals surface area contributed by atoms with E-state index in [9.17, 15) is 9.90 Å². The lowest BCUT2D eigenvalue weighted by molar-refractivity contribution is -0.150. The van der Waals surface area contributed by atoms with Gasteiger partial charge in [-0.15, -0.1) is 0 Å². The van der Waals surface area contributed by atoms with Crippen molar-refractivity contribution in [1.29, 1.82) is 0 Å². The predicted molar refractivity (Wildman–Crippen MR) is 76.6 cm³/mol. The van der Waals surface area contributed by atoms with Crippen molar-refractivity contribution >= 4 is 5.97 Å². The lowest BCUT2D eigenvalue weighted by Crippen LogP contribution is -2.35. The Labute approximate surface area is 123 Å². The van der Waals surface area contributed by atoms with Crippen molar-refractivity contribution in [3.63, 3.8) is 0 Å². The van der Waals surface area contributed by atoms with Crippen molar-refractivity contribution in [3.05, 3.63) is 29.9 Å². The topological polar surface area (TPSA) is 89.1 Å². The highest BCUT2D eigenvalue weighted by Gasteiger charge is 2.38. The minimum absolute atomic E-state index is 0.0505. The molecular weight excluding hydrogens is 270 g/mol. The average molecular weight is 289 g/mol. The van der Waals surface area contributed by atoms with Gasteiger partial charge in [0.25, 0.3) is 0 Å². The largest absolute Gasteiger partial charge is 0.481 e. The van der Waals surface area contributed by atoms with E-state index in [0.717, 1.165) is 11.1 Å². The molecule has 6 nitrogen and oxygen atoms in total. The monoisotopic (exact) mass is 289 g/mol. The number of pyridine rings is 1. The van der Waals surface area contributed by atoms with Gasteiger partial charge in [-0.1, -0.05) is 19.0 Å². The first-order valence-electron chi connectivity index (χ1n) is 6.81. The molecular formula is C15H19N3O3. The van der Waals surface area contributed by atoms with Gasteiger partial charge in [0.05, 0.1) is 5.41 Å². The van der Waals surface area contributed by atoms with Crippen LogP contribution in [0.5, 0.6) is 0 Å². The van der Waals surface area contributed by atoms with Crippen molar-refractivity contribution in [2.24, 2.45) is 11.3 Å². The number of aliphatic carboxylic acids is 1. The van der Waals surface area contributed by atoms with E-state index in [1.54, 1.807) is 19.3 Å². The number of hydrogen-bond acceptors (Lipinski definition) is 5. The molecule has 2 aromatic rings. The zero-order valence-corrected chi connectivity index (χ0v) is 12.6. The maximum Gasteiger partial charge on any atom is 0.310 e. The van der Waals surface area contributed by atoms with E-state index in [4.69, 9.17) is 4.52 Å². The molecule has 0 amide bonds.